The molecule has 1 amide bonds. The number of hydrogen-bond acceptors (Lipinski definition) is 3. The minimum absolute atomic E-state index is 0.137. The molecule has 114 valence electrons. The average Bonchev–Trinajstić information content (AvgIpc) is 3.18. The van der Waals surface area contributed by atoms with Gasteiger partial charge in [0.1, 0.15) is 0 Å². The van der Waals surface area contributed by atoms with Crippen molar-refractivity contribution in [1.29, 1.82) is 0 Å². The molecule has 1 aliphatic heterocycles. The normalized spacial score (nSPS) is 39.5. The summed E-state index contributed by atoms with van der Waals surface area (Å²) in [5.74, 6) is 1.15. The van der Waals surface area contributed by atoms with Crippen LogP contribution in [0.5, 0.6) is 0 Å². The van der Waals surface area contributed by atoms with E-state index in [1.165, 1.54) is 12.8 Å². The van der Waals surface area contributed by atoms with Gasteiger partial charge in [0, 0.05) is 31.1 Å². The second-order valence-electron chi connectivity index (χ2n) is 7.06. The largest absolute Gasteiger partial charge is 0.391 e. The maximum atomic E-state index is 12.0. The van der Waals surface area contributed by atoms with Gasteiger partial charge < -0.3 is 10.4 Å². The predicted octanol–water partition coefficient (Wildman–Crippen LogP) is 1.53. The summed E-state index contributed by atoms with van der Waals surface area (Å²) in [5, 5.41) is 13.3. The molecule has 2 N–H and O–H groups in total. The van der Waals surface area contributed by atoms with Gasteiger partial charge in [0.15, 0.2) is 0 Å². The molecule has 20 heavy (non-hydrogen) atoms. The van der Waals surface area contributed by atoms with Crippen molar-refractivity contribution in [3.05, 3.63) is 0 Å². The predicted molar refractivity (Wildman–Crippen MR) is 78.3 cm³/mol. The zero-order chi connectivity index (χ0) is 14.1. The summed E-state index contributed by atoms with van der Waals surface area (Å²) in [4.78, 5) is 14.4. The topological polar surface area (TPSA) is 52.6 Å². The van der Waals surface area contributed by atoms with Crippen molar-refractivity contribution in [3.63, 3.8) is 0 Å². The van der Waals surface area contributed by atoms with Crippen LogP contribution in [0.2, 0.25) is 0 Å². The first-order valence-corrected chi connectivity index (χ1v) is 8.37. The number of piperidine rings is 1. The van der Waals surface area contributed by atoms with E-state index >= 15 is 0 Å². The third-order valence-electron chi connectivity index (χ3n) is 5.49. The van der Waals surface area contributed by atoms with Crippen LogP contribution in [0.4, 0.5) is 0 Å². The maximum Gasteiger partial charge on any atom is 0.223 e. The van der Waals surface area contributed by atoms with Gasteiger partial charge in [-0.05, 0) is 38.0 Å². The number of carbonyl (C=O) groups is 1. The molecule has 2 aliphatic carbocycles. The average molecular weight is 280 g/mol. The van der Waals surface area contributed by atoms with E-state index in [4.69, 9.17) is 0 Å². The second kappa shape index (κ2) is 6.02. The molecule has 3 aliphatic rings. The molecule has 1 saturated heterocycles. The van der Waals surface area contributed by atoms with Crippen LogP contribution in [0.15, 0.2) is 0 Å². The quantitative estimate of drug-likeness (QED) is 0.824. The number of likely N-dealkylation sites (tertiary alicyclic amines) is 1. The SMILES string of the molecule is CC1CC1C(=O)NC1CCN(C2CCCCC2O)CC1. The number of aliphatic hydroxyl groups excluding tert-OH is 1. The summed E-state index contributed by atoms with van der Waals surface area (Å²) in [6.07, 6.45) is 7.52. The lowest BCUT2D eigenvalue weighted by Gasteiger charge is -2.41. The van der Waals surface area contributed by atoms with Crippen molar-refractivity contribution >= 4 is 5.91 Å². The fraction of sp³-hybridized carbons (Fsp3) is 0.938. The third kappa shape index (κ3) is 3.17. The van der Waals surface area contributed by atoms with E-state index in [2.05, 4.69) is 17.1 Å². The van der Waals surface area contributed by atoms with Crippen LogP contribution in [-0.4, -0.2) is 47.2 Å². The summed E-state index contributed by atoms with van der Waals surface area (Å²) in [6.45, 7) is 4.19. The van der Waals surface area contributed by atoms with Crippen LogP contribution in [0, 0.1) is 11.8 Å². The van der Waals surface area contributed by atoms with Crippen molar-refractivity contribution < 1.29 is 9.90 Å². The van der Waals surface area contributed by atoms with E-state index < -0.39 is 0 Å². The van der Waals surface area contributed by atoms with Crippen LogP contribution in [-0.2, 0) is 4.79 Å². The Hall–Kier alpha value is -0.610. The molecule has 1 heterocycles. The van der Waals surface area contributed by atoms with E-state index in [0.717, 1.165) is 45.2 Å². The Morgan fingerprint density at radius 3 is 2.40 bits per heavy atom. The van der Waals surface area contributed by atoms with Crippen molar-refractivity contribution in [2.75, 3.05) is 13.1 Å². The maximum absolute atomic E-state index is 12.0. The van der Waals surface area contributed by atoms with Gasteiger partial charge in [0.2, 0.25) is 5.91 Å². The molecule has 0 bridgehead atoms. The lowest BCUT2D eigenvalue weighted by Crippen LogP contribution is -2.52. The van der Waals surface area contributed by atoms with Crippen molar-refractivity contribution in [1.82, 2.24) is 10.2 Å². The van der Waals surface area contributed by atoms with Crippen molar-refractivity contribution in [2.24, 2.45) is 11.8 Å². The fourth-order valence-corrected chi connectivity index (χ4v) is 3.89. The summed E-state index contributed by atoms with van der Waals surface area (Å²) in [6, 6.07) is 0.719. The third-order valence-corrected chi connectivity index (χ3v) is 5.49. The van der Waals surface area contributed by atoms with Gasteiger partial charge in [-0.3, -0.25) is 9.69 Å². The number of amides is 1. The number of aliphatic hydroxyl groups is 1. The van der Waals surface area contributed by atoms with Gasteiger partial charge >= 0.3 is 0 Å². The molecular weight excluding hydrogens is 252 g/mol. The van der Waals surface area contributed by atoms with Gasteiger partial charge in [-0.25, -0.2) is 0 Å². The highest BCUT2D eigenvalue weighted by molar-refractivity contribution is 5.81. The Balaban J connectivity index is 1.43. The first-order valence-electron chi connectivity index (χ1n) is 8.37. The van der Waals surface area contributed by atoms with Crippen LogP contribution in [0.25, 0.3) is 0 Å². The van der Waals surface area contributed by atoms with Gasteiger partial charge in [-0.1, -0.05) is 19.8 Å². The first kappa shape index (κ1) is 14.3. The van der Waals surface area contributed by atoms with Crippen molar-refractivity contribution in [3.8, 4) is 0 Å². The number of carbonyl (C=O) groups excluding carboxylic acids is 1. The minimum Gasteiger partial charge on any atom is -0.391 e. The number of rotatable bonds is 3. The van der Waals surface area contributed by atoms with Crippen LogP contribution in [0.3, 0.4) is 0 Å². The highest BCUT2D eigenvalue weighted by atomic mass is 16.3. The zero-order valence-corrected chi connectivity index (χ0v) is 12.6. The Kier molecular flexibility index (Phi) is 4.32. The number of nitrogens with one attached hydrogen (secondary N) is 1. The standard InChI is InChI=1S/C16H28N2O2/c1-11-10-13(11)16(20)17-12-6-8-18(9-7-12)14-4-2-3-5-15(14)19/h11-15,19H,2-10H2,1H3,(H,17,20). The van der Waals surface area contributed by atoms with E-state index in [9.17, 15) is 9.90 Å². The monoisotopic (exact) mass is 280 g/mol. The molecule has 2 saturated carbocycles. The van der Waals surface area contributed by atoms with E-state index in [1.807, 2.05) is 0 Å². The molecule has 0 spiro atoms. The molecule has 4 unspecified atom stereocenters. The summed E-state index contributed by atoms with van der Waals surface area (Å²) < 4.78 is 0. The molecule has 4 nitrogen and oxygen atoms in total. The summed E-state index contributed by atoms with van der Waals surface area (Å²) in [7, 11) is 0. The van der Waals surface area contributed by atoms with Crippen LogP contribution in [0.1, 0.15) is 51.9 Å². The van der Waals surface area contributed by atoms with Gasteiger partial charge in [-0.15, -0.1) is 0 Å². The molecule has 3 fully saturated rings. The van der Waals surface area contributed by atoms with Gasteiger partial charge in [0.05, 0.1) is 6.10 Å². The Morgan fingerprint density at radius 2 is 1.80 bits per heavy atom. The molecule has 4 atom stereocenters. The Morgan fingerprint density at radius 1 is 1.15 bits per heavy atom. The molecular formula is C16H28N2O2. The van der Waals surface area contributed by atoms with Gasteiger partial charge in [0.25, 0.3) is 0 Å². The smallest absolute Gasteiger partial charge is 0.223 e. The van der Waals surface area contributed by atoms with Crippen molar-refractivity contribution in [2.45, 2.75) is 70.1 Å². The molecule has 0 aromatic heterocycles. The Labute approximate surface area is 121 Å². The lowest BCUT2D eigenvalue weighted by atomic mass is 9.89. The minimum atomic E-state index is -0.137. The molecule has 0 aromatic rings. The van der Waals surface area contributed by atoms with Crippen LogP contribution < -0.4 is 5.32 Å². The number of hydrogen-bond donors (Lipinski definition) is 2. The molecule has 3 rings (SSSR count). The molecule has 0 radical (unpaired) electrons. The van der Waals surface area contributed by atoms with E-state index in [-0.39, 0.29) is 17.9 Å². The zero-order valence-electron chi connectivity index (χ0n) is 12.6. The first-order chi connectivity index (χ1) is 9.65. The van der Waals surface area contributed by atoms with Crippen LogP contribution >= 0.6 is 0 Å². The van der Waals surface area contributed by atoms with E-state index in [0.29, 0.717) is 18.0 Å². The molecule has 0 aromatic carbocycles. The summed E-state index contributed by atoms with van der Waals surface area (Å²) in [5.41, 5.74) is 0. The fourth-order valence-electron chi connectivity index (χ4n) is 3.89. The highest BCUT2D eigenvalue weighted by Crippen LogP contribution is 2.38. The highest BCUT2D eigenvalue weighted by Gasteiger charge is 2.40. The molecule has 4 heteroatoms. The Bertz CT molecular complexity index is 352. The number of nitrogens with zero attached hydrogens (tertiary/aromatic N) is 1. The second-order valence-corrected chi connectivity index (χ2v) is 7.06. The summed E-state index contributed by atoms with van der Waals surface area (Å²) >= 11 is 0. The van der Waals surface area contributed by atoms with Gasteiger partial charge in [-0.2, -0.15) is 0 Å². The lowest BCUT2D eigenvalue weighted by molar-refractivity contribution is -0.123. The van der Waals surface area contributed by atoms with E-state index in [1.54, 1.807) is 0 Å².